The number of nitriles is 1. The quantitative estimate of drug-likeness (QED) is 0.556. The van der Waals surface area contributed by atoms with Gasteiger partial charge in [0.2, 0.25) is 0 Å². The Hall–Kier alpha value is -3.26. The van der Waals surface area contributed by atoms with Gasteiger partial charge < -0.3 is 15.7 Å². The highest BCUT2D eigenvalue weighted by Crippen LogP contribution is 2.25. The van der Waals surface area contributed by atoms with E-state index in [-0.39, 0.29) is 17.4 Å². The smallest absolute Gasteiger partial charge is 0.263 e. The largest absolute Gasteiger partial charge is 0.508 e. The molecule has 1 unspecified atom stereocenters. The monoisotopic (exact) mass is 361 g/mol. The van der Waals surface area contributed by atoms with E-state index in [1.165, 1.54) is 36.2 Å². The van der Waals surface area contributed by atoms with E-state index in [4.69, 9.17) is 0 Å². The summed E-state index contributed by atoms with van der Waals surface area (Å²) in [6, 6.07) is 14.6. The predicted octanol–water partition coefficient (Wildman–Crippen LogP) is 3.97. The van der Waals surface area contributed by atoms with E-state index in [0.29, 0.717) is 5.69 Å². The van der Waals surface area contributed by atoms with Crippen LogP contribution in [0.25, 0.3) is 0 Å². The number of benzene rings is 2. The molecule has 0 aromatic heterocycles. The maximum atomic E-state index is 12.4. The molecule has 5 heteroatoms. The Labute approximate surface area is 159 Å². The van der Waals surface area contributed by atoms with Gasteiger partial charge in [0.25, 0.3) is 5.91 Å². The van der Waals surface area contributed by atoms with Crippen LogP contribution in [-0.4, -0.2) is 11.0 Å². The molecule has 1 aliphatic rings. The number of rotatable bonds is 5. The summed E-state index contributed by atoms with van der Waals surface area (Å²) in [6.45, 7) is 1.92. The van der Waals surface area contributed by atoms with Crippen molar-refractivity contribution in [1.29, 1.82) is 5.26 Å². The molecular formula is C22H23N3O2. The number of nitrogens with one attached hydrogen (secondary N) is 2. The zero-order valence-electron chi connectivity index (χ0n) is 15.3. The third-order valence-corrected chi connectivity index (χ3v) is 4.81. The summed E-state index contributed by atoms with van der Waals surface area (Å²) in [7, 11) is 0. The lowest BCUT2D eigenvalue weighted by atomic mass is 9.89. The number of anilines is 1. The third kappa shape index (κ3) is 4.68. The Balaban J connectivity index is 1.67. The molecule has 0 radical (unpaired) electrons. The fraction of sp³-hybridized carbons (Fsp3) is 0.273. The molecule has 0 fully saturated rings. The topological polar surface area (TPSA) is 85.2 Å². The standard InChI is InChI=1S/C22H23N3O2/c1-15(17-10-9-16-5-2-3-6-18(16)11-17)25-22(27)19(13-23)14-24-20-7-4-8-21(26)12-20/h4,7-12,14-15,24,26H,2-3,5-6H2,1H3,(H,25,27)/b19-14-. The summed E-state index contributed by atoms with van der Waals surface area (Å²) in [6.07, 6.45) is 6.00. The number of phenolic OH excluding ortho intramolecular Hbond substituents is 1. The normalized spacial score (nSPS) is 14.6. The number of aromatic hydroxyl groups is 1. The van der Waals surface area contributed by atoms with Crippen LogP contribution in [0.2, 0.25) is 0 Å². The average molecular weight is 361 g/mol. The number of hydrogen-bond donors (Lipinski definition) is 3. The highest BCUT2D eigenvalue weighted by Gasteiger charge is 2.16. The molecular weight excluding hydrogens is 338 g/mol. The molecule has 2 aromatic carbocycles. The maximum Gasteiger partial charge on any atom is 0.263 e. The minimum atomic E-state index is -0.435. The number of hydrogen-bond acceptors (Lipinski definition) is 4. The molecule has 0 spiro atoms. The van der Waals surface area contributed by atoms with Crippen molar-refractivity contribution < 1.29 is 9.90 Å². The second-order valence-corrected chi connectivity index (χ2v) is 6.79. The van der Waals surface area contributed by atoms with Gasteiger partial charge in [0.15, 0.2) is 0 Å². The van der Waals surface area contributed by atoms with Crippen molar-refractivity contribution >= 4 is 11.6 Å². The summed E-state index contributed by atoms with van der Waals surface area (Å²) in [5.41, 5.74) is 4.38. The molecule has 0 aliphatic heterocycles. The van der Waals surface area contributed by atoms with Gasteiger partial charge in [0.05, 0.1) is 6.04 Å². The Morgan fingerprint density at radius 3 is 2.70 bits per heavy atom. The van der Waals surface area contributed by atoms with Crippen LogP contribution < -0.4 is 10.6 Å². The van der Waals surface area contributed by atoms with E-state index in [2.05, 4.69) is 28.8 Å². The first-order valence-corrected chi connectivity index (χ1v) is 9.15. The van der Waals surface area contributed by atoms with Gasteiger partial charge in [-0.25, -0.2) is 0 Å². The summed E-state index contributed by atoms with van der Waals surface area (Å²) >= 11 is 0. The Morgan fingerprint density at radius 1 is 1.19 bits per heavy atom. The van der Waals surface area contributed by atoms with Gasteiger partial charge >= 0.3 is 0 Å². The average Bonchev–Trinajstić information content (AvgIpc) is 2.68. The highest BCUT2D eigenvalue weighted by molar-refractivity contribution is 5.97. The molecule has 0 saturated carbocycles. The van der Waals surface area contributed by atoms with Crippen molar-refractivity contribution in [2.24, 2.45) is 0 Å². The van der Waals surface area contributed by atoms with Gasteiger partial charge in [-0.1, -0.05) is 24.3 Å². The molecule has 5 nitrogen and oxygen atoms in total. The van der Waals surface area contributed by atoms with Crippen LogP contribution in [0.5, 0.6) is 5.75 Å². The van der Waals surface area contributed by atoms with Gasteiger partial charge in [-0.3, -0.25) is 4.79 Å². The third-order valence-electron chi connectivity index (χ3n) is 4.81. The zero-order chi connectivity index (χ0) is 19.2. The second kappa shape index (κ2) is 8.41. The lowest BCUT2D eigenvalue weighted by Gasteiger charge is -2.20. The molecule has 2 aromatic rings. The van der Waals surface area contributed by atoms with Crippen LogP contribution in [0, 0.1) is 11.3 Å². The minimum absolute atomic E-state index is 0.0249. The molecule has 3 rings (SSSR count). The van der Waals surface area contributed by atoms with Crippen LogP contribution in [-0.2, 0) is 17.6 Å². The predicted molar refractivity (Wildman–Crippen MR) is 105 cm³/mol. The van der Waals surface area contributed by atoms with Gasteiger partial charge in [-0.05, 0) is 61.4 Å². The van der Waals surface area contributed by atoms with Crippen LogP contribution >= 0.6 is 0 Å². The van der Waals surface area contributed by atoms with E-state index < -0.39 is 5.91 Å². The highest BCUT2D eigenvalue weighted by atomic mass is 16.3. The van der Waals surface area contributed by atoms with Gasteiger partial charge in [-0.2, -0.15) is 5.26 Å². The van der Waals surface area contributed by atoms with Crippen LogP contribution in [0.1, 0.15) is 42.5 Å². The lowest BCUT2D eigenvalue weighted by Crippen LogP contribution is -2.28. The van der Waals surface area contributed by atoms with E-state index in [0.717, 1.165) is 18.4 Å². The van der Waals surface area contributed by atoms with Crippen molar-refractivity contribution in [1.82, 2.24) is 5.32 Å². The second-order valence-electron chi connectivity index (χ2n) is 6.79. The fourth-order valence-electron chi connectivity index (χ4n) is 3.28. The fourth-order valence-corrected chi connectivity index (χ4v) is 3.28. The number of phenols is 1. The molecule has 0 bridgehead atoms. The van der Waals surface area contributed by atoms with Crippen LogP contribution in [0.3, 0.4) is 0 Å². The number of carbonyl (C=O) groups excluding carboxylic acids is 1. The molecule has 3 N–H and O–H groups in total. The lowest BCUT2D eigenvalue weighted by molar-refractivity contribution is -0.117. The number of carbonyl (C=O) groups is 1. The van der Waals surface area contributed by atoms with E-state index in [1.54, 1.807) is 18.2 Å². The summed E-state index contributed by atoms with van der Waals surface area (Å²) < 4.78 is 0. The first kappa shape index (κ1) is 18.5. The van der Waals surface area contributed by atoms with Gasteiger partial charge in [0.1, 0.15) is 17.4 Å². The van der Waals surface area contributed by atoms with E-state index in [9.17, 15) is 15.2 Å². The molecule has 138 valence electrons. The van der Waals surface area contributed by atoms with Crippen molar-refractivity contribution in [2.45, 2.75) is 38.6 Å². The van der Waals surface area contributed by atoms with Crippen LogP contribution in [0.15, 0.2) is 54.2 Å². The minimum Gasteiger partial charge on any atom is -0.508 e. The number of fused-ring (bicyclic) bond motifs is 1. The molecule has 1 amide bonds. The van der Waals surface area contributed by atoms with Crippen molar-refractivity contribution in [2.75, 3.05) is 5.32 Å². The first-order chi connectivity index (χ1) is 13.1. The first-order valence-electron chi connectivity index (χ1n) is 9.15. The molecule has 1 aliphatic carbocycles. The van der Waals surface area contributed by atoms with Crippen LogP contribution in [0.4, 0.5) is 5.69 Å². The Bertz CT molecular complexity index is 912. The Morgan fingerprint density at radius 2 is 1.96 bits per heavy atom. The SMILES string of the molecule is CC(NC(=O)/C(C#N)=C\Nc1cccc(O)c1)c1ccc2c(c1)CCCC2. The number of nitrogens with zero attached hydrogens (tertiary/aromatic N) is 1. The van der Waals surface area contributed by atoms with Gasteiger partial charge in [-0.15, -0.1) is 0 Å². The summed E-state index contributed by atoms with van der Waals surface area (Å²) in [5, 5.41) is 24.5. The van der Waals surface area contributed by atoms with Crippen molar-refractivity contribution in [3.05, 3.63) is 70.9 Å². The van der Waals surface area contributed by atoms with E-state index in [1.807, 2.05) is 13.0 Å². The van der Waals surface area contributed by atoms with E-state index >= 15 is 0 Å². The number of aryl methyl sites for hydroxylation is 2. The zero-order valence-corrected chi connectivity index (χ0v) is 15.3. The maximum absolute atomic E-state index is 12.4. The van der Waals surface area contributed by atoms with Gasteiger partial charge in [0, 0.05) is 18.0 Å². The molecule has 1 atom stereocenters. The number of amides is 1. The molecule has 27 heavy (non-hydrogen) atoms. The summed E-state index contributed by atoms with van der Waals surface area (Å²) in [5.74, 6) is -0.326. The molecule has 0 saturated heterocycles. The molecule has 0 heterocycles. The van der Waals surface area contributed by atoms with Crippen molar-refractivity contribution in [3.8, 4) is 11.8 Å². The Kier molecular flexibility index (Phi) is 5.77. The summed E-state index contributed by atoms with van der Waals surface area (Å²) in [4.78, 5) is 12.4. The van der Waals surface area contributed by atoms with Crippen molar-refractivity contribution in [3.63, 3.8) is 0 Å².